The summed E-state index contributed by atoms with van der Waals surface area (Å²) in [5, 5.41) is 8.15. The van der Waals surface area contributed by atoms with Crippen LogP contribution in [0.5, 0.6) is 0 Å². The van der Waals surface area contributed by atoms with E-state index in [4.69, 9.17) is 0 Å². The zero-order chi connectivity index (χ0) is 17.5. The number of benzene rings is 1. The molecule has 4 heterocycles. The molecule has 2 aromatic heterocycles. The number of carbonyl (C=O) groups is 1. The van der Waals surface area contributed by atoms with Crippen LogP contribution in [0.25, 0.3) is 10.9 Å². The smallest absolute Gasteiger partial charge is 0.249 e. The van der Waals surface area contributed by atoms with Crippen LogP contribution in [0.15, 0.2) is 36.8 Å². The van der Waals surface area contributed by atoms with Gasteiger partial charge in [0, 0.05) is 18.5 Å². The van der Waals surface area contributed by atoms with Crippen molar-refractivity contribution in [3.63, 3.8) is 0 Å². The molecule has 1 amide bonds. The summed E-state index contributed by atoms with van der Waals surface area (Å²) < 4.78 is 0. The largest absolute Gasteiger partial charge is 0.344 e. The molecule has 3 aromatic rings. The lowest BCUT2D eigenvalue weighted by atomic mass is 10.1. The molecule has 2 aliphatic heterocycles. The maximum absolute atomic E-state index is 13.4. The number of aryl methyl sites for hydroxylation is 1. The highest BCUT2D eigenvalue weighted by Gasteiger charge is 2.37. The van der Waals surface area contributed by atoms with Crippen LogP contribution in [-0.4, -0.2) is 45.2 Å². The fourth-order valence-corrected chi connectivity index (χ4v) is 4.16. The molecule has 7 nitrogen and oxygen atoms in total. The van der Waals surface area contributed by atoms with E-state index < -0.39 is 0 Å². The van der Waals surface area contributed by atoms with E-state index in [1.807, 2.05) is 29.2 Å². The van der Waals surface area contributed by atoms with Gasteiger partial charge in [0.15, 0.2) is 0 Å². The van der Waals surface area contributed by atoms with Gasteiger partial charge < -0.3 is 9.80 Å². The minimum Gasteiger partial charge on any atom is -0.344 e. The minimum atomic E-state index is -0.186. The molecule has 0 unspecified atom stereocenters. The first-order valence-corrected chi connectivity index (χ1v) is 9.13. The number of hydrogen-bond donors (Lipinski definition) is 1. The highest BCUT2D eigenvalue weighted by atomic mass is 16.2. The van der Waals surface area contributed by atoms with Gasteiger partial charge in [-0.15, -0.1) is 0 Å². The molecule has 132 valence electrons. The van der Waals surface area contributed by atoms with Gasteiger partial charge in [0.25, 0.3) is 0 Å². The Morgan fingerprint density at radius 2 is 2.08 bits per heavy atom. The van der Waals surface area contributed by atoms with Crippen LogP contribution in [0, 0.1) is 0 Å². The highest BCUT2D eigenvalue weighted by molar-refractivity contribution is 6.01. The van der Waals surface area contributed by atoms with Gasteiger partial charge in [-0.2, -0.15) is 5.10 Å². The predicted molar refractivity (Wildman–Crippen MR) is 99.2 cm³/mol. The number of amides is 1. The second-order valence-corrected chi connectivity index (χ2v) is 6.89. The highest BCUT2D eigenvalue weighted by Crippen LogP contribution is 2.32. The van der Waals surface area contributed by atoms with Crippen molar-refractivity contribution in [2.24, 2.45) is 0 Å². The topological polar surface area (TPSA) is 78.0 Å². The minimum absolute atomic E-state index is 0.146. The zero-order valence-corrected chi connectivity index (χ0v) is 14.4. The van der Waals surface area contributed by atoms with Gasteiger partial charge in [-0.05, 0) is 37.8 Å². The second-order valence-electron chi connectivity index (χ2n) is 6.89. The molecule has 0 saturated carbocycles. The Morgan fingerprint density at radius 1 is 1.15 bits per heavy atom. The Hall–Kier alpha value is -2.96. The molecule has 7 heteroatoms. The number of rotatable bonds is 2. The summed E-state index contributed by atoms with van der Waals surface area (Å²) in [6.07, 6.45) is 7.11. The standard InChI is InChI=1S/C19H20N6O/c26-19(25-10-3-7-15-17(25)11-22-23-15)16-8-4-9-24(16)18-13-5-1-2-6-14(13)20-12-21-18/h1-2,5-6,11-12,16H,3-4,7-10H2,(H,22,23)/t16-/m0/s1. The summed E-state index contributed by atoms with van der Waals surface area (Å²) in [6, 6.07) is 7.79. The summed E-state index contributed by atoms with van der Waals surface area (Å²) in [5.74, 6) is 1.00. The molecule has 0 bridgehead atoms. The number of aromatic nitrogens is 4. The Kier molecular flexibility index (Phi) is 3.58. The molecule has 1 aromatic carbocycles. The molecule has 1 N–H and O–H groups in total. The summed E-state index contributed by atoms with van der Waals surface area (Å²) in [5.41, 5.74) is 2.90. The molecule has 1 atom stereocenters. The molecule has 0 radical (unpaired) electrons. The normalized spacial score (nSPS) is 19.8. The first kappa shape index (κ1) is 15.3. The molecule has 5 rings (SSSR count). The van der Waals surface area contributed by atoms with E-state index in [1.54, 1.807) is 12.5 Å². The van der Waals surface area contributed by atoms with E-state index in [-0.39, 0.29) is 11.9 Å². The van der Waals surface area contributed by atoms with Crippen molar-refractivity contribution >= 4 is 28.3 Å². The lowest BCUT2D eigenvalue weighted by Crippen LogP contribution is -2.47. The lowest BCUT2D eigenvalue weighted by Gasteiger charge is -2.33. The Balaban J connectivity index is 1.51. The van der Waals surface area contributed by atoms with Gasteiger partial charge in [0.1, 0.15) is 18.2 Å². The van der Waals surface area contributed by atoms with E-state index >= 15 is 0 Å². The van der Waals surface area contributed by atoms with Crippen molar-refractivity contribution in [3.8, 4) is 0 Å². The first-order valence-electron chi connectivity index (χ1n) is 9.13. The Bertz CT molecular complexity index is 962. The number of para-hydroxylation sites is 1. The van der Waals surface area contributed by atoms with Crippen molar-refractivity contribution in [3.05, 3.63) is 42.5 Å². The van der Waals surface area contributed by atoms with Crippen LogP contribution in [0.2, 0.25) is 0 Å². The molecule has 1 saturated heterocycles. The van der Waals surface area contributed by atoms with Gasteiger partial charge >= 0.3 is 0 Å². The van der Waals surface area contributed by atoms with E-state index in [1.165, 1.54) is 0 Å². The zero-order valence-electron chi connectivity index (χ0n) is 14.4. The van der Waals surface area contributed by atoms with Gasteiger partial charge in [0.2, 0.25) is 5.91 Å². The summed E-state index contributed by atoms with van der Waals surface area (Å²) in [4.78, 5) is 26.3. The first-order chi connectivity index (χ1) is 12.8. The molecular weight excluding hydrogens is 328 g/mol. The van der Waals surface area contributed by atoms with Crippen molar-refractivity contribution < 1.29 is 4.79 Å². The van der Waals surface area contributed by atoms with Crippen LogP contribution in [0.4, 0.5) is 11.5 Å². The molecule has 1 fully saturated rings. The lowest BCUT2D eigenvalue weighted by molar-refractivity contribution is -0.119. The van der Waals surface area contributed by atoms with Gasteiger partial charge in [-0.1, -0.05) is 12.1 Å². The van der Waals surface area contributed by atoms with Crippen LogP contribution >= 0.6 is 0 Å². The number of H-pyrrole nitrogens is 1. The monoisotopic (exact) mass is 348 g/mol. The van der Waals surface area contributed by atoms with Gasteiger partial charge in [0.05, 0.1) is 23.1 Å². The third kappa shape index (κ3) is 2.34. The molecular formula is C19H20N6O. The number of carbonyl (C=O) groups excluding carboxylic acids is 1. The Labute approximate surface area is 151 Å². The van der Waals surface area contributed by atoms with Crippen molar-refractivity contribution in [1.29, 1.82) is 0 Å². The van der Waals surface area contributed by atoms with E-state index in [0.29, 0.717) is 0 Å². The number of nitrogens with zero attached hydrogens (tertiary/aromatic N) is 5. The molecule has 0 aliphatic carbocycles. The number of fused-ring (bicyclic) bond motifs is 2. The molecule has 26 heavy (non-hydrogen) atoms. The van der Waals surface area contributed by atoms with Crippen molar-refractivity contribution in [1.82, 2.24) is 20.2 Å². The quantitative estimate of drug-likeness (QED) is 0.769. The molecule has 2 aliphatic rings. The summed E-state index contributed by atoms with van der Waals surface area (Å²) >= 11 is 0. The van der Waals surface area contributed by atoms with Crippen LogP contribution in [0.3, 0.4) is 0 Å². The van der Waals surface area contributed by atoms with Crippen LogP contribution < -0.4 is 9.80 Å². The average molecular weight is 348 g/mol. The second kappa shape index (κ2) is 6.09. The number of hydrogen-bond acceptors (Lipinski definition) is 5. The molecule has 0 spiro atoms. The number of nitrogens with one attached hydrogen (secondary N) is 1. The fourth-order valence-electron chi connectivity index (χ4n) is 4.16. The van der Waals surface area contributed by atoms with E-state index in [2.05, 4.69) is 25.1 Å². The number of anilines is 2. The SMILES string of the molecule is O=C([C@@H]1CCCN1c1ncnc2ccccc12)N1CCCc2[nH]ncc21. The van der Waals surface area contributed by atoms with Crippen molar-refractivity contribution in [2.45, 2.75) is 31.7 Å². The van der Waals surface area contributed by atoms with E-state index in [0.717, 1.165) is 66.9 Å². The van der Waals surface area contributed by atoms with Gasteiger partial charge in [-0.25, -0.2) is 9.97 Å². The maximum Gasteiger partial charge on any atom is 0.249 e. The predicted octanol–water partition coefficient (Wildman–Crippen LogP) is 2.30. The Morgan fingerprint density at radius 3 is 3.04 bits per heavy atom. The fraction of sp³-hybridized carbons (Fsp3) is 0.368. The summed E-state index contributed by atoms with van der Waals surface area (Å²) in [7, 11) is 0. The third-order valence-corrected chi connectivity index (χ3v) is 5.39. The third-order valence-electron chi connectivity index (χ3n) is 5.39. The van der Waals surface area contributed by atoms with Crippen LogP contribution in [-0.2, 0) is 11.2 Å². The average Bonchev–Trinajstić information content (AvgIpc) is 3.36. The summed E-state index contributed by atoms with van der Waals surface area (Å²) in [6.45, 7) is 1.59. The number of aromatic amines is 1. The van der Waals surface area contributed by atoms with Crippen LogP contribution in [0.1, 0.15) is 25.0 Å². The van der Waals surface area contributed by atoms with E-state index in [9.17, 15) is 4.79 Å². The maximum atomic E-state index is 13.4. The van der Waals surface area contributed by atoms with Gasteiger partial charge in [-0.3, -0.25) is 9.89 Å². The van der Waals surface area contributed by atoms with Crippen molar-refractivity contribution in [2.75, 3.05) is 22.9 Å².